The molecule has 1 aromatic carbocycles. The van der Waals surface area contributed by atoms with E-state index in [4.69, 9.17) is 10.5 Å². The van der Waals surface area contributed by atoms with E-state index >= 15 is 0 Å². The first kappa shape index (κ1) is 15.7. The molecule has 2 rings (SSSR count). The van der Waals surface area contributed by atoms with Crippen LogP contribution in [0.25, 0.3) is 0 Å². The highest BCUT2D eigenvalue weighted by Gasteiger charge is 2.22. The van der Waals surface area contributed by atoms with Gasteiger partial charge in [0.05, 0.1) is 6.61 Å². The molecule has 4 heteroatoms. The van der Waals surface area contributed by atoms with Crippen LogP contribution in [0.5, 0.6) is 5.75 Å². The number of hydrogen-bond acceptors (Lipinski definition) is 3. The van der Waals surface area contributed by atoms with Crippen molar-refractivity contribution in [2.24, 2.45) is 5.92 Å². The number of ether oxygens (including phenoxy) is 1. The Morgan fingerprint density at radius 3 is 2.71 bits per heavy atom. The fraction of sp³-hybridized carbons (Fsp3) is 0.588. The predicted octanol–water partition coefficient (Wildman–Crippen LogP) is 3.37. The van der Waals surface area contributed by atoms with Crippen LogP contribution in [0.3, 0.4) is 0 Å². The minimum absolute atomic E-state index is 0.0682. The van der Waals surface area contributed by atoms with Crippen LogP contribution in [0.1, 0.15) is 56.3 Å². The fourth-order valence-corrected chi connectivity index (χ4v) is 3.05. The van der Waals surface area contributed by atoms with Crippen molar-refractivity contribution >= 4 is 11.6 Å². The number of nitrogens with one attached hydrogen (secondary N) is 1. The maximum absolute atomic E-state index is 12.4. The zero-order valence-electron chi connectivity index (χ0n) is 13.0. The minimum Gasteiger partial charge on any atom is -0.494 e. The molecule has 0 spiro atoms. The van der Waals surface area contributed by atoms with Gasteiger partial charge >= 0.3 is 0 Å². The van der Waals surface area contributed by atoms with E-state index in [-0.39, 0.29) is 11.9 Å². The number of nitrogens with two attached hydrogens (primary N) is 1. The molecule has 1 atom stereocenters. The average Bonchev–Trinajstić information content (AvgIpc) is 2.48. The molecule has 1 amide bonds. The summed E-state index contributed by atoms with van der Waals surface area (Å²) in [6, 6.07) is 5.40. The smallest absolute Gasteiger partial charge is 0.251 e. The van der Waals surface area contributed by atoms with Gasteiger partial charge in [-0.25, -0.2) is 0 Å². The number of carbonyl (C=O) groups is 1. The van der Waals surface area contributed by atoms with E-state index in [0.717, 1.165) is 0 Å². The van der Waals surface area contributed by atoms with Gasteiger partial charge in [-0.2, -0.15) is 0 Å². The lowest BCUT2D eigenvalue weighted by Gasteiger charge is -2.28. The van der Waals surface area contributed by atoms with Gasteiger partial charge in [0.2, 0.25) is 0 Å². The molecule has 116 valence electrons. The van der Waals surface area contributed by atoms with Crippen molar-refractivity contribution in [1.82, 2.24) is 5.32 Å². The second kappa shape index (κ2) is 7.34. The molecule has 0 aliphatic heterocycles. The molecule has 1 saturated carbocycles. The van der Waals surface area contributed by atoms with E-state index in [1.54, 1.807) is 18.2 Å². The van der Waals surface area contributed by atoms with Crippen molar-refractivity contribution in [2.45, 2.75) is 52.0 Å². The van der Waals surface area contributed by atoms with Gasteiger partial charge in [0.25, 0.3) is 5.91 Å². The van der Waals surface area contributed by atoms with Crippen molar-refractivity contribution in [1.29, 1.82) is 0 Å². The average molecular weight is 290 g/mol. The Hall–Kier alpha value is -1.71. The zero-order valence-corrected chi connectivity index (χ0v) is 13.0. The van der Waals surface area contributed by atoms with Gasteiger partial charge in [0.1, 0.15) is 5.75 Å². The van der Waals surface area contributed by atoms with E-state index in [1.165, 1.54) is 32.1 Å². The molecule has 4 nitrogen and oxygen atoms in total. The largest absolute Gasteiger partial charge is 0.494 e. The molecular weight excluding hydrogens is 264 g/mol. The minimum atomic E-state index is -0.0682. The molecule has 1 aromatic rings. The lowest BCUT2D eigenvalue weighted by Crippen LogP contribution is -2.38. The Balaban J connectivity index is 2.01. The second-order valence-corrected chi connectivity index (χ2v) is 5.88. The van der Waals surface area contributed by atoms with Gasteiger partial charge in [-0.3, -0.25) is 4.79 Å². The molecular formula is C17H26N2O2. The summed E-state index contributed by atoms with van der Waals surface area (Å²) in [7, 11) is 0. The number of nitrogen functional groups attached to an aromatic ring is 1. The standard InChI is InChI=1S/C17H26N2O2/c1-3-21-16-10-14(9-15(18)11-16)17(20)19-12(2)13-7-5-4-6-8-13/h9-13H,3-8,18H2,1-2H3,(H,19,20). The number of anilines is 1. The SMILES string of the molecule is CCOc1cc(N)cc(C(=O)NC(C)C2CCCCC2)c1. The highest BCUT2D eigenvalue weighted by atomic mass is 16.5. The number of rotatable bonds is 5. The topological polar surface area (TPSA) is 64.3 Å². The third-order valence-electron chi connectivity index (χ3n) is 4.22. The molecule has 3 N–H and O–H groups in total. The van der Waals surface area contributed by atoms with Gasteiger partial charge in [0, 0.05) is 23.4 Å². The molecule has 1 fully saturated rings. The number of hydrogen-bond donors (Lipinski definition) is 2. The molecule has 0 heterocycles. The Kier molecular flexibility index (Phi) is 5.48. The summed E-state index contributed by atoms with van der Waals surface area (Å²) in [4.78, 5) is 12.4. The summed E-state index contributed by atoms with van der Waals surface area (Å²) in [5, 5.41) is 3.11. The maximum atomic E-state index is 12.4. The summed E-state index contributed by atoms with van der Waals surface area (Å²) in [5.74, 6) is 1.17. The predicted molar refractivity (Wildman–Crippen MR) is 85.5 cm³/mol. The third-order valence-corrected chi connectivity index (χ3v) is 4.22. The van der Waals surface area contributed by atoms with Crippen LogP contribution in [-0.2, 0) is 0 Å². The van der Waals surface area contributed by atoms with Crippen molar-refractivity contribution in [3.05, 3.63) is 23.8 Å². The quantitative estimate of drug-likeness (QED) is 0.817. The van der Waals surface area contributed by atoms with Gasteiger partial charge in [-0.15, -0.1) is 0 Å². The zero-order chi connectivity index (χ0) is 15.2. The van der Waals surface area contributed by atoms with E-state index in [1.807, 2.05) is 6.92 Å². The van der Waals surface area contributed by atoms with Crippen LogP contribution in [0.15, 0.2) is 18.2 Å². The molecule has 1 aliphatic carbocycles. The van der Waals surface area contributed by atoms with Crippen LogP contribution >= 0.6 is 0 Å². The Morgan fingerprint density at radius 1 is 1.33 bits per heavy atom. The fourth-order valence-electron chi connectivity index (χ4n) is 3.05. The lowest BCUT2D eigenvalue weighted by molar-refractivity contribution is 0.0919. The Morgan fingerprint density at radius 2 is 2.05 bits per heavy atom. The normalized spacial score (nSPS) is 17.2. The van der Waals surface area contributed by atoms with Gasteiger partial charge in [-0.1, -0.05) is 19.3 Å². The Labute approximate surface area is 127 Å². The van der Waals surface area contributed by atoms with Crippen molar-refractivity contribution in [3.8, 4) is 5.75 Å². The van der Waals surface area contributed by atoms with E-state index in [9.17, 15) is 4.79 Å². The van der Waals surface area contributed by atoms with Gasteiger partial charge in [0.15, 0.2) is 0 Å². The second-order valence-electron chi connectivity index (χ2n) is 5.88. The Bertz CT molecular complexity index is 482. The molecule has 0 saturated heterocycles. The first-order valence-electron chi connectivity index (χ1n) is 7.94. The molecule has 0 aromatic heterocycles. The van der Waals surface area contributed by atoms with Gasteiger partial charge < -0.3 is 15.8 Å². The summed E-state index contributed by atoms with van der Waals surface area (Å²) < 4.78 is 5.44. The van der Waals surface area contributed by atoms with E-state index in [0.29, 0.717) is 29.5 Å². The number of benzene rings is 1. The molecule has 1 aliphatic rings. The molecule has 0 bridgehead atoms. The molecule has 1 unspecified atom stereocenters. The highest BCUT2D eigenvalue weighted by molar-refractivity contribution is 5.95. The van der Waals surface area contributed by atoms with E-state index in [2.05, 4.69) is 12.2 Å². The molecule has 21 heavy (non-hydrogen) atoms. The lowest BCUT2D eigenvalue weighted by atomic mass is 9.84. The maximum Gasteiger partial charge on any atom is 0.251 e. The summed E-state index contributed by atoms with van der Waals surface area (Å²) in [6.45, 7) is 4.57. The summed E-state index contributed by atoms with van der Waals surface area (Å²) >= 11 is 0. The van der Waals surface area contributed by atoms with Crippen LogP contribution in [0, 0.1) is 5.92 Å². The monoisotopic (exact) mass is 290 g/mol. The third kappa shape index (κ3) is 4.38. The number of carbonyl (C=O) groups excluding carboxylic acids is 1. The van der Waals surface area contributed by atoms with Gasteiger partial charge in [-0.05, 0) is 44.7 Å². The van der Waals surface area contributed by atoms with Crippen molar-refractivity contribution in [3.63, 3.8) is 0 Å². The first-order chi connectivity index (χ1) is 10.1. The number of amides is 1. The van der Waals surface area contributed by atoms with Crippen LogP contribution < -0.4 is 15.8 Å². The summed E-state index contributed by atoms with van der Waals surface area (Å²) in [5.41, 5.74) is 6.96. The summed E-state index contributed by atoms with van der Waals surface area (Å²) in [6.07, 6.45) is 6.30. The first-order valence-corrected chi connectivity index (χ1v) is 7.94. The van der Waals surface area contributed by atoms with Crippen molar-refractivity contribution in [2.75, 3.05) is 12.3 Å². The van der Waals surface area contributed by atoms with Crippen molar-refractivity contribution < 1.29 is 9.53 Å². The van der Waals surface area contributed by atoms with E-state index < -0.39 is 0 Å². The van der Waals surface area contributed by atoms with Crippen LogP contribution in [0.4, 0.5) is 5.69 Å². The van der Waals surface area contributed by atoms with Crippen LogP contribution in [-0.4, -0.2) is 18.6 Å². The highest BCUT2D eigenvalue weighted by Crippen LogP contribution is 2.26. The molecule has 0 radical (unpaired) electrons. The van der Waals surface area contributed by atoms with Crippen LogP contribution in [0.2, 0.25) is 0 Å².